The number of methoxy groups -OCH3 is 1. The number of hydrogen-bond acceptors (Lipinski definition) is 4. The summed E-state index contributed by atoms with van der Waals surface area (Å²) in [6.45, 7) is 3.71. The number of rotatable bonds is 7. The lowest BCUT2D eigenvalue weighted by molar-refractivity contribution is 0.103. The smallest absolute Gasteiger partial charge is 0.211 e. The van der Waals surface area contributed by atoms with Crippen LogP contribution in [-0.4, -0.2) is 22.9 Å². The van der Waals surface area contributed by atoms with Crippen molar-refractivity contribution < 1.29 is 17.9 Å². The van der Waals surface area contributed by atoms with Crippen LogP contribution in [0.1, 0.15) is 10.4 Å². The quantitative estimate of drug-likeness (QED) is 0.581. The molecular formula is C17H16O4S. The molecule has 0 saturated heterocycles. The summed E-state index contributed by atoms with van der Waals surface area (Å²) < 4.78 is 22.4. The number of Topliss-reactive ketones (excluding diaryl/α,β-unsaturated/α-hetero) is 1. The predicted octanol–water partition coefficient (Wildman–Crippen LogP) is 3.18. The Morgan fingerprint density at radius 3 is 2.41 bits per heavy atom. The Labute approximate surface area is 132 Å². The largest absolute Gasteiger partial charge is 0.496 e. The minimum Gasteiger partial charge on any atom is -0.496 e. The van der Waals surface area contributed by atoms with Crippen LogP contribution in [-0.2, 0) is 11.1 Å². The van der Waals surface area contributed by atoms with E-state index in [1.54, 1.807) is 48.5 Å². The van der Waals surface area contributed by atoms with Crippen LogP contribution in [0.15, 0.2) is 66.7 Å². The van der Waals surface area contributed by atoms with E-state index in [-0.39, 0.29) is 17.1 Å². The molecule has 114 valence electrons. The summed E-state index contributed by atoms with van der Waals surface area (Å²) >= 11 is -1.67. The summed E-state index contributed by atoms with van der Waals surface area (Å²) in [4.78, 5) is 12.3. The molecule has 5 heteroatoms. The molecule has 0 aromatic heterocycles. The Morgan fingerprint density at radius 1 is 1.09 bits per heavy atom. The number of hydrogen-bond donors (Lipinski definition) is 0. The van der Waals surface area contributed by atoms with Gasteiger partial charge in [0.2, 0.25) is 11.1 Å². The fraction of sp³-hybridized carbons (Fsp3) is 0.118. The maximum Gasteiger partial charge on any atom is 0.211 e. The molecule has 1 atom stereocenters. The zero-order valence-corrected chi connectivity index (χ0v) is 13.0. The molecule has 2 aromatic carbocycles. The van der Waals surface area contributed by atoms with Gasteiger partial charge in [0.25, 0.3) is 0 Å². The van der Waals surface area contributed by atoms with Crippen molar-refractivity contribution in [3.05, 3.63) is 72.3 Å². The first-order chi connectivity index (χ1) is 10.6. The van der Waals surface area contributed by atoms with Crippen LogP contribution in [0.4, 0.5) is 0 Å². The molecule has 0 aliphatic rings. The van der Waals surface area contributed by atoms with Crippen molar-refractivity contribution in [2.45, 2.75) is 0 Å². The molecule has 2 aromatic rings. The summed E-state index contributed by atoms with van der Waals surface area (Å²) in [6, 6.07) is 15.6. The SMILES string of the molecule is C=C(CS(=O)Oc1ccccc1)C(=O)c1ccccc1OC. The van der Waals surface area contributed by atoms with Gasteiger partial charge in [-0.25, -0.2) is 4.21 Å². The van der Waals surface area contributed by atoms with Gasteiger partial charge in [-0.2, -0.15) is 0 Å². The molecule has 1 unspecified atom stereocenters. The highest BCUT2D eigenvalue weighted by molar-refractivity contribution is 7.80. The summed E-state index contributed by atoms with van der Waals surface area (Å²) in [5.74, 6) is 0.579. The first kappa shape index (κ1) is 16.0. The van der Waals surface area contributed by atoms with Gasteiger partial charge in [0.1, 0.15) is 11.5 Å². The van der Waals surface area contributed by atoms with E-state index >= 15 is 0 Å². The lowest BCUT2D eigenvalue weighted by Crippen LogP contribution is -2.14. The molecule has 0 amide bonds. The number of benzene rings is 2. The normalized spacial score (nSPS) is 11.5. The second kappa shape index (κ2) is 7.56. The first-order valence-electron chi connectivity index (χ1n) is 6.59. The molecule has 0 radical (unpaired) electrons. The molecule has 0 N–H and O–H groups in total. The molecule has 0 aliphatic carbocycles. The fourth-order valence-electron chi connectivity index (χ4n) is 1.84. The molecule has 0 aliphatic heterocycles. The Balaban J connectivity index is 2.02. The summed E-state index contributed by atoms with van der Waals surface area (Å²) in [5, 5.41) is 0. The molecule has 0 fully saturated rings. The van der Waals surface area contributed by atoms with Crippen molar-refractivity contribution in [2.75, 3.05) is 12.9 Å². The molecule has 4 nitrogen and oxygen atoms in total. The van der Waals surface area contributed by atoms with Crippen LogP contribution in [0, 0.1) is 0 Å². The van der Waals surface area contributed by atoms with E-state index in [1.807, 2.05) is 6.07 Å². The summed E-state index contributed by atoms with van der Waals surface area (Å²) in [6.07, 6.45) is 0. The highest BCUT2D eigenvalue weighted by atomic mass is 32.2. The summed E-state index contributed by atoms with van der Waals surface area (Å²) in [7, 11) is 1.49. The molecule has 0 heterocycles. The second-order valence-electron chi connectivity index (χ2n) is 4.48. The third-order valence-corrected chi connectivity index (χ3v) is 3.86. The van der Waals surface area contributed by atoms with E-state index in [1.165, 1.54) is 7.11 Å². The molecule has 0 bridgehead atoms. The van der Waals surface area contributed by atoms with Crippen LogP contribution in [0.2, 0.25) is 0 Å². The highest BCUT2D eigenvalue weighted by Gasteiger charge is 2.17. The van der Waals surface area contributed by atoms with Gasteiger partial charge in [-0.05, 0) is 24.3 Å². The van der Waals surface area contributed by atoms with Gasteiger partial charge in [-0.3, -0.25) is 4.79 Å². The lowest BCUT2D eigenvalue weighted by Gasteiger charge is -2.09. The molecule has 2 rings (SSSR count). The fourth-order valence-corrected chi connectivity index (χ4v) is 2.64. The highest BCUT2D eigenvalue weighted by Crippen LogP contribution is 2.21. The Hall–Kier alpha value is -2.40. The average molecular weight is 316 g/mol. The third kappa shape index (κ3) is 4.05. The molecule has 0 spiro atoms. The van der Waals surface area contributed by atoms with E-state index in [4.69, 9.17) is 8.92 Å². The molecular weight excluding hydrogens is 300 g/mol. The zero-order valence-electron chi connectivity index (χ0n) is 12.2. The van der Waals surface area contributed by atoms with Gasteiger partial charge in [-0.15, -0.1) is 0 Å². The van der Waals surface area contributed by atoms with Gasteiger partial charge in [0.05, 0.1) is 18.4 Å². The predicted molar refractivity (Wildman–Crippen MR) is 86.5 cm³/mol. The van der Waals surface area contributed by atoms with E-state index in [0.717, 1.165) is 0 Å². The van der Waals surface area contributed by atoms with Crippen molar-refractivity contribution in [1.29, 1.82) is 0 Å². The van der Waals surface area contributed by atoms with Crippen molar-refractivity contribution in [3.63, 3.8) is 0 Å². The zero-order chi connectivity index (χ0) is 15.9. The van der Waals surface area contributed by atoms with Crippen LogP contribution < -0.4 is 8.92 Å². The van der Waals surface area contributed by atoms with Crippen LogP contribution >= 0.6 is 0 Å². The third-order valence-electron chi connectivity index (χ3n) is 2.90. The average Bonchev–Trinajstić information content (AvgIpc) is 2.54. The van der Waals surface area contributed by atoms with Crippen molar-refractivity contribution in [1.82, 2.24) is 0 Å². The van der Waals surface area contributed by atoms with Gasteiger partial charge in [0, 0.05) is 5.57 Å². The van der Waals surface area contributed by atoms with Crippen molar-refractivity contribution in [3.8, 4) is 11.5 Å². The van der Waals surface area contributed by atoms with E-state index < -0.39 is 11.1 Å². The maximum atomic E-state index is 12.3. The van der Waals surface area contributed by atoms with Gasteiger partial charge in [0.15, 0.2) is 5.78 Å². The number of carbonyl (C=O) groups excluding carboxylic acids is 1. The Bertz CT molecular complexity index is 695. The first-order valence-corrected chi connectivity index (χ1v) is 7.83. The molecule has 0 saturated carbocycles. The monoisotopic (exact) mass is 316 g/mol. The Morgan fingerprint density at radius 2 is 1.73 bits per heavy atom. The lowest BCUT2D eigenvalue weighted by atomic mass is 10.1. The van der Waals surface area contributed by atoms with Gasteiger partial charge < -0.3 is 8.92 Å². The number of carbonyl (C=O) groups is 1. The number of ketones is 1. The van der Waals surface area contributed by atoms with Crippen LogP contribution in [0.5, 0.6) is 11.5 Å². The van der Waals surface area contributed by atoms with Crippen LogP contribution in [0.25, 0.3) is 0 Å². The van der Waals surface area contributed by atoms with E-state index in [2.05, 4.69) is 6.58 Å². The Kier molecular flexibility index (Phi) is 5.49. The minimum absolute atomic E-state index is 0.0637. The maximum absolute atomic E-state index is 12.3. The van der Waals surface area contributed by atoms with E-state index in [0.29, 0.717) is 17.1 Å². The topological polar surface area (TPSA) is 52.6 Å². The second-order valence-corrected chi connectivity index (χ2v) is 5.54. The standard InChI is InChI=1S/C17H16O4S/c1-13(12-22(19)21-14-8-4-3-5-9-14)17(18)15-10-6-7-11-16(15)20-2/h3-11H,1,12H2,2H3. The molecule has 22 heavy (non-hydrogen) atoms. The van der Waals surface area contributed by atoms with E-state index in [9.17, 15) is 9.00 Å². The van der Waals surface area contributed by atoms with Crippen molar-refractivity contribution >= 4 is 16.9 Å². The van der Waals surface area contributed by atoms with Crippen LogP contribution in [0.3, 0.4) is 0 Å². The minimum atomic E-state index is -1.67. The number of ether oxygens (including phenoxy) is 1. The summed E-state index contributed by atoms with van der Waals surface area (Å²) in [5.41, 5.74) is 0.602. The number of para-hydroxylation sites is 2. The van der Waals surface area contributed by atoms with Crippen molar-refractivity contribution in [2.24, 2.45) is 0 Å². The van der Waals surface area contributed by atoms with Gasteiger partial charge >= 0.3 is 0 Å². The van der Waals surface area contributed by atoms with Gasteiger partial charge in [-0.1, -0.05) is 36.9 Å².